The molecule has 180 valence electrons. The molecule has 0 saturated heterocycles. The third-order valence-corrected chi connectivity index (χ3v) is 0. The van der Waals surface area contributed by atoms with Crippen LogP contribution in [0.25, 0.3) is 0 Å². The van der Waals surface area contributed by atoms with Crippen molar-refractivity contribution >= 4 is 52.0 Å². The minimum atomic E-state index is -5.17. The molecule has 0 saturated carbocycles. The van der Waals surface area contributed by atoms with Gasteiger partial charge in [0.1, 0.15) is 0 Å². The van der Waals surface area contributed by atoms with E-state index in [4.69, 9.17) is 87.6 Å². The van der Waals surface area contributed by atoms with Crippen molar-refractivity contribution in [2.75, 3.05) is 0 Å². The zero-order chi connectivity index (χ0) is 22.5. The van der Waals surface area contributed by atoms with Gasteiger partial charge in [-0.1, -0.05) is 0 Å². The van der Waals surface area contributed by atoms with Crippen LogP contribution in [0.3, 0.4) is 0 Å². The van der Waals surface area contributed by atoms with Crippen molar-refractivity contribution in [1.29, 1.82) is 0 Å². The Morgan fingerprint density at radius 1 is 0.345 bits per heavy atom. The fourth-order valence-electron chi connectivity index (χ4n) is 0. The van der Waals surface area contributed by atoms with Crippen molar-refractivity contribution in [2.24, 2.45) is 0 Å². The van der Waals surface area contributed by atoms with E-state index in [1.54, 1.807) is 0 Å². The molecular formula is CoMnNiO20S5Zr. The standard InChI is InChI=1S/Co.Mn.Ni.5H2O4S.Zr/c;;;5*1-5(2,3)4;/h;;;5*(H2,1,2,3,4);/q3*+2;;;;;;+4/p-10. The minimum absolute atomic E-state index is 0. The maximum Gasteiger partial charge on any atom is 4.00 e. The van der Waals surface area contributed by atoms with Crippen LogP contribution in [0.2, 0.25) is 0 Å². The van der Waals surface area contributed by atoms with Crippen LogP contribution in [0.15, 0.2) is 0 Å². The Hall–Kier alpha value is 1.75. The largest absolute Gasteiger partial charge is 4.00 e. The van der Waals surface area contributed by atoms with Crippen LogP contribution in [0.4, 0.5) is 0 Å². The summed E-state index contributed by atoms with van der Waals surface area (Å²) in [6, 6.07) is 0. The molecule has 0 fully saturated rings. The summed E-state index contributed by atoms with van der Waals surface area (Å²) >= 11 is 0. The Kier molecular flexibility index (Phi) is 48.4. The summed E-state index contributed by atoms with van der Waals surface area (Å²) in [4.78, 5) is 0. The van der Waals surface area contributed by atoms with Crippen molar-refractivity contribution in [3.05, 3.63) is 0 Å². The van der Waals surface area contributed by atoms with E-state index >= 15 is 0 Å². The second-order valence-corrected chi connectivity index (χ2v) is 6.12. The van der Waals surface area contributed by atoms with Crippen LogP contribution in [-0.4, -0.2) is 87.6 Å². The summed E-state index contributed by atoms with van der Waals surface area (Å²) in [6.45, 7) is 0. The first-order valence-corrected chi connectivity index (χ1v) is 10.0. The van der Waals surface area contributed by atoms with E-state index in [9.17, 15) is 0 Å². The smallest absolute Gasteiger partial charge is 0.759 e. The molecule has 0 spiro atoms. The second kappa shape index (κ2) is 24.4. The van der Waals surface area contributed by atoms with E-state index in [1.807, 2.05) is 0 Å². The van der Waals surface area contributed by atoms with Gasteiger partial charge in [-0.15, -0.1) is 0 Å². The van der Waals surface area contributed by atoms with Crippen LogP contribution < -0.4 is 0 Å². The van der Waals surface area contributed by atoms with Crippen molar-refractivity contribution < 1.29 is 164 Å². The van der Waals surface area contributed by atoms with E-state index in [-0.39, 0.29) is 76.5 Å². The van der Waals surface area contributed by atoms with Crippen LogP contribution in [0, 0.1) is 0 Å². The molecule has 0 aromatic heterocycles. The third kappa shape index (κ3) is 7460. The number of rotatable bonds is 0. The molecular weight excluding hydrogens is 744 g/mol. The molecule has 0 bridgehead atoms. The van der Waals surface area contributed by atoms with Gasteiger partial charge in [0.15, 0.2) is 0 Å². The van der Waals surface area contributed by atoms with Gasteiger partial charge in [0.2, 0.25) is 0 Å². The van der Waals surface area contributed by atoms with Crippen LogP contribution in [-0.2, 0) is 129 Å². The maximum absolute atomic E-state index is 8.52. The van der Waals surface area contributed by atoms with Gasteiger partial charge in [0.05, 0.1) is 0 Å². The summed E-state index contributed by atoms with van der Waals surface area (Å²) in [7, 11) is -25.8. The average Bonchev–Trinajstić information content (AvgIpc) is 1.79. The maximum atomic E-state index is 8.52. The third-order valence-electron chi connectivity index (χ3n) is 0. The molecule has 0 aliphatic carbocycles. The summed E-state index contributed by atoms with van der Waals surface area (Å²) < 4.78 is 170. The topological polar surface area (TPSA) is 401 Å². The minimum Gasteiger partial charge on any atom is -0.759 e. The predicted molar refractivity (Wildman–Crippen MR) is 52.4 cm³/mol. The Morgan fingerprint density at radius 3 is 0.345 bits per heavy atom. The molecule has 29 heavy (non-hydrogen) atoms. The van der Waals surface area contributed by atoms with Gasteiger partial charge in [0, 0.05) is 52.0 Å². The molecule has 0 unspecified atom stereocenters. The average molecular weight is 744 g/mol. The molecule has 0 N–H and O–H groups in total. The second-order valence-electron chi connectivity index (χ2n) is 2.04. The van der Waals surface area contributed by atoms with E-state index in [0.717, 1.165) is 0 Å². The summed E-state index contributed by atoms with van der Waals surface area (Å²) in [5, 5.41) is 0. The van der Waals surface area contributed by atoms with Gasteiger partial charge in [0.25, 0.3) is 0 Å². The van der Waals surface area contributed by atoms with Gasteiger partial charge in [-0.25, -0.2) is 0 Å². The Morgan fingerprint density at radius 2 is 0.345 bits per heavy atom. The van der Waals surface area contributed by atoms with Gasteiger partial charge in [-0.05, 0) is 0 Å². The van der Waals surface area contributed by atoms with Gasteiger partial charge in [-0.3, -0.25) is 42.1 Å². The first-order valence-electron chi connectivity index (χ1n) is 3.33. The van der Waals surface area contributed by atoms with E-state index in [1.165, 1.54) is 0 Å². The van der Waals surface area contributed by atoms with E-state index < -0.39 is 52.0 Å². The first kappa shape index (κ1) is 57.5. The Labute approximate surface area is 214 Å². The fraction of sp³-hybridized carbons (Fsp3) is 0. The normalized spacial score (nSPS) is 10.0. The fourth-order valence-corrected chi connectivity index (χ4v) is 0. The van der Waals surface area contributed by atoms with Crippen LogP contribution >= 0.6 is 0 Å². The van der Waals surface area contributed by atoms with E-state index in [2.05, 4.69) is 0 Å². The number of hydrogen-bond donors (Lipinski definition) is 0. The Balaban J connectivity index is -0.0000000238. The molecule has 0 aliphatic rings. The van der Waals surface area contributed by atoms with Gasteiger partial charge < -0.3 is 45.5 Å². The molecule has 0 rings (SSSR count). The molecule has 0 heterocycles. The summed E-state index contributed by atoms with van der Waals surface area (Å²) in [5.41, 5.74) is 0. The zero-order valence-electron chi connectivity index (χ0n) is 11.7. The molecule has 2 radical (unpaired) electrons. The van der Waals surface area contributed by atoms with Gasteiger partial charge in [-0.2, -0.15) is 0 Å². The monoisotopic (exact) mass is 741 g/mol. The quantitative estimate of drug-likeness (QED) is 0.126. The molecule has 0 atom stereocenters. The summed E-state index contributed by atoms with van der Waals surface area (Å²) in [6.07, 6.45) is 0. The van der Waals surface area contributed by atoms with Crippen LogP contribution in [0.5, 0.6) is 0 Å². The number of hydrogen-bond acceptors (Lipinski definition) is 20. The molecule has 20 nitrogen and oxygen atoms in total. The van der Waals surface area contributed by atoms with Crippen LogP contribution in [0.1, 0.15) is 0 Å². The SMILES string of the molecule is O=S(=O)([O-])[O-].O=S(=O)([O-])[O-].O=S(=O)([O-])[O-].O=S(=O)([O-])[O-].O=S(=O)([O-])[O-].[Co+2].[Mn+2].[Ni+2].[Zr+4]. The molecule has 0 amide bonds. The molecule has 0 aliphatic heterocycles. The van der Waals surface area contributed by atoms with E-state index in [0.29, 0.717) is 0 Å². The molecule has 0 aromatic carbocycles. The molecule has 0 aromatic rings. The van der Waals surface area contributed by atoms with Gasteiger partial charge >= 0.3 is 76.5 Å². The predicted octanol–water partition coefficient (Wildman–Crippen LogP) is -6.70. The summed E-state index contributed by atoms with van der Waals surface area (Å²) in [5.74, 6) is 0. The van der Waals surface area contributed by atoms with Crippen molar-refractivity contribution in [3.8, 4) is 0 Å². The molecule has 29 heteroatoms. The van der Waals surface area contributed by atoms with Crippen molar-refractivity contribution in [1.82, 2.24) is 0 Å². The Bertz CT molecular complexity index is 633. The zero-order valence-corrected chi connectivity index (χ0v) is 21.5. The first-order chi connectivity index (χ1) is 10.0. The van der Waals surface area contributed by atoms with Crippen molar-refractivity contribution in [3.63, 3.8) is 0 Å². The van der Waals surface area contributed by atoms with Crippen molar-refractivity contribution in [2.45, 2.75) is 0 Å².